The zero-order valence-electron chi connectivity index (χ0n) is 7.56. The third-order valence-corrected chi connectivity index (χ3v) is 2.47. The molecular weight excluding hydrogens is 168 g/mol. The van der Waals surface area contributed by atoms with Crippen molar-refractivity contribution < 1.29 is 9.53 Å². The lowest BCUT2D eigenvalue weighted by atomic mass is 10.00. The molecule has 0 amide bonds. The van der Waals surface area contributed by atoms with E-state index in [1.54, 1.807) is 6.20 Å². The van der Waals surface area contributed by atoms with Crippen LogP contribution in [0.5, 0.6) is 0 Å². The lowest BCUT2D eigenvalue weighted by molar-refractivity contribution is -0.146. The molecule has 1 aromatic heterocycles. The molecule has 2 rings (SSSR count). The largest absolute Gasteiger partial charge is 0.469 e. The van der Waals surface area contributed by atoms with E-state index in [1.165, 1.54) is 7.11 Å². The van der Waals surface area contributed by atoms with Gasteiger partial charge in [0.15, 0.2) is 0 Å². The Bertz CT molecular complexity index is 319. The molecule has 0 N–H and O–H groups in total. The minimum atomic E-state index is -0.112. The molecule has 2 heterocycles. The first kappa shape index (κ1) is 8.29. The third kappa shape index (κ3) is 1.43. The zero-order chi connectivity index (χ0) is 9.26. The van der Waals surface area contributed by atoms with Crippen LogP contribution in [0.2, 0.25) is 0 Å². The van der Waals surface area contributed by atoms with Gasteiger partial charge in [0.25, 0.3) is 0 Å². The van der Waals surface area contributed by atoms with Crippen LogP contribution in [0.1, 0.15) is 12.2 Å². The minimum Gasteiger partial charge on any atom is -0.469 e. The van der Waals surface area contributed by atoms with Gasteiger partial charge in [0.2, 0.25) is 0 Å². The van der Waals surface area contributed by atoms with Gasteiger partial charge in [0.1, 0.15) is 5.82 Å². The van der Waals surface area contributed by atoms with Gasteiger partial charge in [-0.3, -0.25) is 4.79 Å². The van der Waals surface area contributed by atoms with Gasteiger partial charge < -0.3 is 9.30 Å². The summed E-state index contributed by atoms with van der Waals surface area (Å²) in [5.41, 5.74) is 0. The van der Waals surface area contributed by atoms with E-state index in [1.807, 2.05) is 10.8 Å². The first-order chi connectivity index (χ1) is 6.31. The van der Waals surface area contributed by atoms with Crippen LogP contribution in [-0.2, 0) is 22.5 Å². The summed E-state index contributed by atoms with van der Waals surface area (Å²) in [6.07, 6.45) is 5.40. The van der Waals surface area contributed by atoms with E-state index >= 15 is 0 Å². The van der Waals surface area contributed by atoms with Gasteiger partial charge >= 0.3 is 5.97 Å². The number of imidazole rings is 1. The number of aromatic nitrogens is 2. The van der Waals surface area contributed by atoms with E-state index < -0.39 is 0 Å². The van der Waals surface area contributed by atoms with Crippen LogP contribution in [0.3, 0.4) is 0 Å². The predicted octanol–water partition coefficient (Wildman–Crippen LogP) is 0.618. The molecule has 1 aliphatic heterocycles. The first-order valence-corrected chi connectivity index (χ1v) is 4.39. The van der Waals surface area contributed by atoms with Crippen LogP contribution in [0.4, 0.5) is 0 Å². The molecule has 0 bridgehead atoms. The fraction of sp³-hybridized carbons (Fsp3) is 0.556. The van der Waals surface area contributed by atoms with Crippen molar-refractivity contribution in [3.05, 3.63) is 18.2 Å². The molecule has 0 saturated carbocycles. The van der Waals surface area contributed by atoms with Crippen molar-refractivity contribution in [3.63, 3.8) is 0 Å². The number of esters is 1. The Balaban J connectivity index is 2.13. The Hall–Kier alpha value is -1.32. The Morgan fingerprint density at radius 3 is 3.38 bits per heavy atom. The zero-order valence-corrected chi connectivity index (χ0v) is 7.56. The van der Waals surface area contributed by atoms with Crippen molar-refractivity contribution in [2.75, 3.05) is 7.11 Å². The van der Waals surface area contributed by atoms with Crippen molar-refractivity contribution >= 4 is 5.97 Å². The van der Waals surface area contributed by atoms with Crippen LogP contribution in [0, 0.1) is 5.92 Å². The molecule has 0 aliphatic carbocycles. The minimum absolute atomic E-state index is 0.00620. The summed E-state index contributed by atoms with van der Waals surface area (Å²) in [4.78, 5) is 15.4. The van der Waals surface area contributed by atoms with E-state index in [2.05, 4.69) is 4.98 Å². The second-order valence-corrected chi connectivity index (χ2v) is 3.25. The maximum absolute atomic E-state index is 11.2. The molecular formula is C9H12N2O2. The predicted molar refractivity (Wildman–Crippen MR) is 46.1 cm³/mol. The molecule has 0 fully saturated rings. The number of carbonyl (C=O) groups is 1. The molecule has 1 aliphatic rings. The summed E-state index contributed by atoms with van der Waals surface area (Å²) in [6, 6.07) is 0. The van der Waals surface area contributed by atoms with Gasteiger partial charge in [0, 0.05) is 25.4 Å². The lowest BCUT2D eigenvalue weighted by Crippen LogP contribution is -2.27. The Labute approximate surface area is 76.5 Å². The topological polar surface area (TPSA) is 44.1 Å². The molecule has 70 valence electrons. The number of fused-ring (bicyclic) bond motifs is 1. The van der Waals surface area contributed by atoms with Gasteiger partial charge in [-0.25, -0.2) is 4.98 Å². The molecule has 1 aromatic rings. The summed E-state index contributed by atoms with van der Waals surface area (Å²) in [7, 11) is 1.44. The molecule has 13 heavy (non-hydrogen) atoms. The summed E-state index contributed by atoms with van der Waals surface area (Å²) in [6.45, 7) is 0.710. The number of hydrogen-bond donors (Lipinski definition) is 0. The molecule has 0 radical (unpaired) electrons. The number of methoxy groups -OCH3 is 1. The third-order valence-electron chi connectivity index (χ3n) is 2.47. The highest BCUT2D eigenvalue weighted by Crippen LogP contribution is 2.19. The SMILES string of the molecule is COC(=O)[C@@H]1CCc2nccn2C1. The van der Waals surface area contributed by atoms with Crippen LogP contribution >= 0.6 is 0 Å². The summed E-state index contributed by atoms with van der Waals surface area (Å²) >= 11 is 0. The average molecular weight is 180 g/mol. The van der Waals surface area contributed by atoms with E-state index in [-0.39, 0.29) is 11.9 Å². The van der Waals surface area contributed by atoms with Crippen LogP contribution < -0.4 is 0 Å². The second kappa shape index (κ2) is 3.20. The van der Waals surface area contributed by atoms with E-state index in [4.69, 9.17) is 4.74 Å². The van der Waals surface area contributed by atoms with Crippen molar-refractivity contribution in [1.29, 1.82) is 0 Å². The summed E-state index contributed by atoms with van der Waals surface area (Å²) < 4.78 is 6.73. The van der Waals surface area contributed by atoms with Gasteiger partial charge in [-0.05, 0) is 6.42 Å². The summed E-state index contributed by atoms with van der Waals surface area (Å²) in [5, 5.41) is 0. The van der Waals surface area contributed by atoms with Crippen molar-refractivity contribution in [1.82, 2.24) is 9.55 Å². The van der Waals surface area contributed by atoms with Gasteiger partial charge in [-0.1, -0.05) is 0 Å². The quantitative estimate of drug-likeness (QED) is 0.595. The first-order valence-electron chi connectivity index (χ1n) is 4.39. The molecule has 4 heteroatoms. The van der Waals surface area contributed by atoms with Crippen molar-refractivity contribution in [3.8, 4) is 0 Å². The Morgan fingerprint density at radius 1 is 1.77 bits per heavy atom. The Morgan fingerprint density at radius 2 is 2.62 bits per heavy atom. The van der Waals surface area contributed by atoms with Crippen LogP contribution in [0.15, 0.2) is 12.4 Å². The van der Waals surface area contributed by atoms with Gasteiger partial charge in [-0.15, -0.1) is 0 Å². The van der Waals surface area contributed by atoms with E-state index in [0.29, 0.717) is 6.54 Å². The monoisotopic (exact) mass is 180 g/mol. The van der Waals surface area contributed by atoms with E-state index in [0.717, 1.165) is 18.7 Å². The molecule has 0 spiro atoms. The highest BCUT2D eigenvalue weighted by molar-refractivity contribution is 5.72. The smallest absolute Gasteiger partial charge is 0.310 e. The van der Waals surface area contributed by atoms with Crippen LogP contribution in [0.25, 0.3) is 0 Å². The lowest BCUT2D eigenvalue weighted by Gasteiger charge is -2.21. The standard InChI is InChI=1S/C9H12N2O2/c1-13-9(12)7-2-3-8-10-4-5-11(8)6-7/h4-5,7H,2-3,6H2,1H3/t7-/m1/s1. The van der Waals surface area contributed by atoms with Gasteiger partial charge in [0.05, 0.1) is 13.0 Å². The molecule has 1 atom stereocenters. The number of carbonyl (C=O) groups excluding carboxylic acids is 1. The molecule has 4 nitrogen and oxygen atoms in total. The summed E-state index contributed by atoms with van der Waals surface area (Å²) in [5.74, 6) is 0.964. The molecule has 0 aromatic carbocycles. The molecule has 0 saturated heterocycles. The maximum Gasteiger partial charge on any atom is 0.310 e. The number of hydrogen-bond acceptors (Lipinski definition) is 3. The van der Waals surface area contributed by atoms with Crippen molar-refractivity contribution in [2.45, 2.75) is 19.4 Å². The average Bonchev–Trinajstić information content (AvgIpc) is 2.63. The maximum atomic E-state index is 11.2. The van der Waals surface area contributed by atoms with Crippen LogP contribution in [-0.4, -0.2) is 22.6 Å². The number of aryl methyl sites for hydroxylation is 1. The normalized spacial score (nSPS) is 20.8. The highest BCUT2D eigenvalue weighted by Gasteiger charge is 2.25. The van der Waals surface area contributed by atoms with E-state index in [9.17, 15) is 4.79 Å². The van der Waals surface area contributed by atoms with Gasteiger partial charge in [-0.2, -0.15) is 0 Å². The number of nitrogens with zero attached hydrogens (tertiary/aromatic N) is 2. The number of rotatable bonds is 1. The highest BCUT2D eigenvalue weighted by atomic mass is 16.5. The van der Waals surface area contributed by atoms with Crippen molar-refractivity contribution in [2.24, 2.45) is 5.92 Å². The Kier molecular flexibility index (Phi) is 2.04. The fourth-order valence-corrected chi connectivity index (χ4v) is 1.73. The second-order valence-electron chi connectivity index (χ2n) is 3.25. The molecule has 0 unspecified atom stereocenters. The number of ether oxygens (including phenoxy) is 1. The fourth-order valence-electron chi connectivity index (χ4n) is 1.73.